The van der Waals surface area contributed by atoms with Gasteiger partial charge in [0.05, 0.1) is 11.5 Å². The fourth-order valence-corrected chi connectivity index (χ4v) is 3.33. The number of nitrogens with one attached hydrogen (secondary N) is 3. The first kappa shape index (κ1) is 26.4. The minimum atomic E-state index is -0.808. The molecular formula is C23H30IN5O4. The van der Waals surface area contributed by atoms with Gasteiger partial charge in [-0.1, -0.05) is 18.2 Å². The van der Waals surface area contributed by atoms with Crippen molar-refractivity contribution < 1.29 is 14.8 Å². The Bertz CT molecular complexity index is 1070. The van der Waals surface area contributed by atoms with E-state index in [0.29, 0.717) is 24.8 Å². The predicted molar refractivity (Wildman–Crippen MR) is 141 cm³/mol. The lowest BCUT2D eigenvalue weighted by atomic mass is 10.1. The molecule has 0 amide bonds. The second-order valence-corrected chi connectivity index (χ2v) is 7.42. The number of guanidine groups is 1. The van der Waals surface area contributed by atoms with Crippen molar-refractivity contribution in [1.29, 1.82) is 0 Å². The molecule has 3 aromatic rings. The van der Waals surface area contributed by atoms with Crippen molar-refractivity contribution in [2.75, 3.05) is 26.2 Å². The number of nitro groups is 1. The highest BCUT2D eigenvalue weighted by molar-refractivity contribution is 14.0. The number of aromatic amines is 1. The maximum Gasteiger partial charge on any atom is 0.269 e. The highest BCUT2D eigenvalue weighted by Gasteiger charge is 2.09. The first-order valence-electron chi connectivity index (χ1n) is 10.6. The summed E-state index contributed by atoms with van der Waals surface area (Å²) in [4.78, 5) is 18.0. The van der Waals surface area contributed by atoms with Crippen LogP contribution in [-0.2, 0) is 6.42 Å². The number of H-pyrrole nitrogens is 1. The van der Waals surface area contributed by atoms with E-state index in [0.717, 1.165) is 6.42 Å². The molecule has 0 saturated carbocycles. The summed E-state index contributed by atoms with van der Waals surface area (Å²) in [5, 5.41) is 28.6. The molecule has 1 heterocycles. The van der Waals surface area contributed by atoms with E-state index in [1.807, 2.05) is 13.1 Å². The molecule has 0 aliphatic heterocycles. The van der Waals surface area contributed by atoms with Gasteiger partial charge in [0.2, 0.25) is 0 Å². The molecule has 2 aromatic carbocycles. The maximum atomic E-state index is 10.7. The van der Waals surface area contributed by atoms with Gasteiger partial charge in [0.15, 0.2) is 5.96 Å². The van der Waals surface area contributed by atoms with E-state index in [1.54, 1.807) is 0 Å². The Hall–Kier alpha value is -2.86. The average Bonchev–Trinajstić information content (AvgIpc) is 3.20. The lowest BCUT2D eigenvalue weighted by molar-refractivity contribution is -0.384. The Kier molecular flexibility index (Phi) is 10.4. The number of halogens is 1. The van der Waals surface area contributed by atoms with Gasteiger partial charge >= 0.3 is 0 Å². The van der Waals surface area contributed by atoms with Gasteiger partial charge in [-0.15, -0.1) is 24.0 Å². The molecule has 0 fully saturated rings. The van der Waals surface area contributed by atoms with Crippen molar-refractivity contribution in [3.8, 4) is 5.75 Å². The van der Waals surface area contributed by atoms with Gasteiger partial charge in [-0.25, -0.2) is 0 Å². The fraction of sp³-hybridized carbons (Fsp3) is 0.348. The van der Waals surface area contributed by atoms with Crippen LogP contribution in [0.15, 0.2) is 53.7 Å². The number of non-ortho nitro benzene ring substituents is 1. The van der Waals surface area contributed by atoms with Crippen LogP contribution in [0, 0.1) is 17.0 Å². The van der Waals surface area contributed by atoms with Crippen LogP contribution in [0.25, 0.3) is 10.9 Å². The number of fused-ring (bicyclic) bond motifs is 1. The van der Waals surface area contributed by atoms with Crippen LogP contribution in [0.4, 0.5) is 5.69 Å². The number of benzene rings is 2. The summed E-state index contributed by atoms with van der Waals surface area (Å²) in [6, 6.07) is 12.0. The molecule has 9 nitrogen and oxygen atoms in total. The van der Waals surface area contributed by atoms with E-state index in [4.69, 9.17) is 4.74 Å². The first-order valence-corrected chi connectivity index (χ1v) is 10.6. The number of para-hydroxylation sites is 1. The first-order chi connectivity index (χ1) is 15.5. The smallest absolute Gasteiger partial charge is 0.269 e. The topological polar surface area (TPSA) is 125 Å². The zero-order chi connectivity index (χ0) is 22.9. The zero-order valence-corrected chi connectivity index (χ0v) is 21.0. The van der Waals surface area contributed by atoms with Crippen LogP contribution in [0.5, 0.6) is 5.75 Å². The lowest BCUT2D eigenvalue weighted by Crippen LogP contribution is -2.39. The number of aromatic nitrogens is 1. The molecule has 1 unspecified atom stereocenters. The number of nitrogens with zero attached hydrogens (tertiary/aromatic N) is 2. The SMILES string of the molecule is CCNC(=NCC(O)COc1ccc([N+](=O)[O-])cc1)NCCc1c[nH]c2c(C)cccc12.I. The summed E-state index contributed by atoms with van der Waals surface area (Å²) in [7, 11) is 0. The molecule has 0 radical (unpaired) electrons. The molecule has 10 heteroatoms. The van der Waals surface area contributed by atoms with Crippen molar-refractivity contribution in [1.82, 2.24) is 15.6 Å². The van der Waals surface area contributed by atoms with Gasteiger partial charge in [0.1, 0.15) is 18.5 Å². The molecular weight excluding hydrogens is 537 g/mol. The minimum Gasteiger partial charge on any atom is -0.491 e. The predicted octanol–water partition coefficient (Wildman–Crippen LogP) is 3.54. The monoisotopic (exact) mass is 567 g/mol. The van der Waals surface area contributed by atoms with Gasteiger partial charge in [-0.2, -0.15) is 0 Å². The number of aliphatic hydroxyl groups excluding tert-OH is 1. The number of ether oxygens (including phenoxy) is 1. The minimum absolute atomic E-state index is 0. The molecule has 0 aliphatic carbocycles. The van der Waals surface area contributed by atoms with Crippen LogP contribution in [0.3, 0.4) is 0 Å². The normalized spacial score (nSPS) is 12.2. The van der Waals surface area contributed by atoms with Crippen LogP contribution in [0.2, 0.25) is 0 Å². The molecule has 3 rings (SSSR count). The number of aliphatic imine (C=N–C) groups is 1. The number of nitro benzene ring substituents is 1. The fourth-order valence-electron chi connectivity index (χ4n) is 3.33. The quantitative estimate of drug-likeness (QED) is 0.0977. The number of aliphatic hydroxyl groups is 1. The molecule has 33 heavy (non-hydrogen) atoms. The summed E-state index contributed by atoms with van der Waals surface area (Å²) in [5.41, 5.74) is 3.62. The van der Waals surface area contributed by atoms with Gasteiger partial charge in [-0.3, -0.25) is 15.1 Å². The van der Waals surface area contributed by atoms with Crippen LogP contribution >= 0.6 is 24.0 Å². The van der Waals surface area contributed by atoms with E-state index >= 15 is 0 Å². The molecule has 178 valence electrons. The summed E-state index contributed by atoms with van der Waals surface area (Å²) < 4.78 is 5.49. The van der Waals surface area contributed by atoms with E-state index in [-0.39, 0.29) is 42.8 Å². The van der Waals surface area contributed by atoms with Crippen LogP contribution < -0.4 is 15.4 Å². The number of hydrogen-bond donors (Lipinski definition) is 4. The van der Waals surface area contributed by atoms with Crippen LogP contribution in [0.1, 0.15) is 18.1 Å². The van der Waals surface area contributed by atoms with Crippen molar-refractivity contribution in [3.05, 3.63) is 69.9 Å². The largest absolute Gasteiger partial charge is 0.491 e. The Morgan fingerprint density at radius 3 is 2.70 bits per heavy atom. The Morgan fingerprint density at radius 1 is 1.24 bits per heavy atom. The Morgan fingerprint density at radius 2 is 2.00 bits per heavy atom. The third kappa shape index (κ3) is 7.60. The molecule has 0 spiro atoms. The average molecular weight is 567 g/mol. The van der Waals surface area contributed by atoms with Gasteiger partial charge in [-0.05, 0) is 43.5 Å². The van der Waals surface area contributed by atoms with Crippen molar-refractivity contribution in [3.63, 3.8) is 0 Å². The molecule has 4 N–H and O–H groups in total. The third-order valence-corrected chi connectivity index (χ3v) is 4.99. The number of hydrogen-bond acceptors (Lipinski definition) is 5. The summed E-state index contributed by atoms with van der Waals surface area (Å²) in [6.45, 7) is 5.67. The molecule has 1 aromatic heterocycles. The maximum absolute atomic E-state index is 10.7. The van der Waals surface area contributed by atoms with Crippen molar-refractivity contribution >= 4 is 46.5 Å². The molecule has 0 bridgehead atoms. The molecule has 1 atom stereocenters. The van der Waals surface area contributed by atoms with Gasteiger partial charge in [0.25, 0.3) is 5.69 Å². The lowest BCUT2D eigenvalue weighted by Gasteiger charge is -2.14. The molecule has 0 saturated heterocycles. The zero-order valence-electron chi connectivity index (χ0n) is 18.7. The number of aryl methyl sites for hydroxylation is 1. The van der Waals surface area contributed by atoms with E-state index in [9.17, 15) is 15.2 Å². The second kappa shape index (κ2) is 13.0. The van der Waals surface area contributed by atoms with Crippen molar-refractivity contribution in [2.45, 2.75) is 26.4 Å². The van der Waals surface area contributed by atoms with Gasteiger partial charge < -0.3 is 25.5 Å². The Balaban J connectivity index is 0.00000385. The van der Waals surface area contributed by atoms with Gasteiger partial charge in [0, 0.05) is 42.3 Å². The second-order valence-electron chi connectivity index (χ2n) is 7.42. The number of rotatable bonds is 10. The summed E-state index contributed by atoms with van der Waals surface area (Å²) >= 11 is 0. The van der Waals surface area contributed by atoms with E-state index in [1.165, 1.54) is 46.3 Å². The highest BCUT2D eigenvalue weighted by Crippen LogP contribution is 2.21. The van der Waals surface area contributed by atoms with E-state index < -0.39 is 11.0 Å². The summed E-state index contributed by atoms with van der Waals surface area (Å²) in [6.07, 6.45) is 2.07. The van der Waals surface area contributed by atoms with E-state index in [2.05, 4.69) is 45.7 Å². The summed E-state index contributed by atoms with van der Waals surface area (Å²) in [5.74, 6) is 1.08. The van der Waals surface area contributed by atoms with Crippen molar-refractivity contribution in [2.24, 2.45) is 4.99 Å². The highest BCUT2D eigenvalue weighted by atomic mass is 127. The van der Waals surface area contributed by atoms with Crippen LogP contribution in [-0.4, -0.2) is 53.3 Å². The Labute approximate surface area is 209 Å². The standard InChI is InChI=1S/C23H29N5O4.HI/c1-3-24-23(25-12-11-17-13-26-22-16(2)5-4-6-21(17)22)27-14-19(29)15-32-20-9-7-18(8-10-20)28(30)31;/h4-10,13,19,26,29H,3,11-12,14-15H2,1-2H3,(H2,24,25,27);1H. The third-order valence-electron chi connectivity index (χ3n) is 4.99. The molecule has 0 aliphatic rings.